The van der Waals surface area contributed by atoms with Crippen molar-refractivity contribution in [3.63, 3.8) is 0 Å². The van der Waals surface area contributed by atoms with Gasteiger partial charge in [-0.3, -0.25) is 4.79 Å². The van der Waals surface area contributed by atoms with Crippen LogP contribution in [0.15, 0.2) is 48.5 Å². The topological polar surface area (TPSA) is 70.2 Å². The molecule has 23 heavy (non-hydrogen) atoms. The van der Waals surface area contributed by atoms with Crippen molar-refractivity contribution in [1.29, 1.82) is 0 Å². The van der Waals surface area contributed by atoms with Gasteiger partial charge in [-0.2, -0.15) is 0 Å². The quantitative estimate of drug-likeness (QED) is 0.814. The van der Waals surface area contributed by atoms with E-state index in [1.165, 1.54) is 0 Å². The molecule has 3 rings (SSSR count). The Kier molecular flexibility index (Phi) is 3.78. The van der Waals surface area contributed by atoms with Crippen LogP contribution >= 0.6 is 0 Å². The summed E-state index contributed by atoms with van der Waals surface area (Å²) in [7, 11) is 0. The maximum absolute atomic E-state index is 12.3. The second-order valence-corrected chi connectivity index (χ2v) is 6.17. The third-order valence-corrected chi connectivity index (χ3v) is 3.91. The van der Waals surface area contributed by atoms with Crippen LogP contribution in [-0.4, -0.2) is 11.9 Å². The number of nitrogens with one attached hydrogen (secondary N) is 3. The normalized spacial score (nSPS) is 13.2. The smallest absolute Gasteiger partial charge is 0.319 e. The van der Waals surface area contributed by atoms with Crippen LogP contribution in [0.5, 0.6) is 0 Å². The molecule has 0 fully saturated rings. The Morgan fingerprint density at radius 3 is 2.61 bits per heavy atom. The predicted octanol–water partition coefficient (Wildman–Crippen LogP) is 3.24. The minimum absolute atomic E-state index is 0.0215. The van der Waals surface area contributed by atoms with Gasteiger partial charge in [-0.15, -0.1) is 0 Å². The number of rotatable bonds is 3. The Labute approximate surface area is 135 Å². The molecule has 2 aromatic carbocycles. The van der Waals surface area contributed by atoms with Gasteiger partial charge in [0.1, 0.15) is 0 Å². The zero-order valence-corrected chi connectivity index (χ0v) is 13.1. The lowest BCUT2D eigenvalue weighted by Crippen LogP contribution is -2.43. The fourth-order valence-corrected chi connectivity index (χ4v) is 2.67. The van der Waals surface area contributed by atoms with E-state index in [9.17, 15) is 9.59 Å². The molecule has 1 aliphatic rings. The molecular weight excluding hydrogens is 290 g/mol. The lowest BCUT2D eigenvalue weighted by atomic mass is 9.95. The molecule has 3 amide bonds. The highest BCUT2D eigenvalue weighted by molar-refractivity contribution is 6.00. The maximum Gasteiger partial charge on any atom is 0.319 e. The van der Waals surface area contributed by atoms with Crippen LogP contribution in [0.25, 0.3) is 0 Å². The summed E-state index contributed by atoms with van der Waals surface area (Å²) in [6, 6.07) is 14.9. The molecule has 0 aromatic heterocycles. The molecule has 1 heterocycles. The number of hydrogen-bond acceptors (Lipinski definition) is 2. The zero-order valence-electron chi connectivity index (χ0n) is 13.1. The van der Waals surface area contributed by atoms with Gasteiger partial charge >= 0.3 is 6.03 Å². The molecule has 0 unspecified atom stereocenters. The predicted molar refractivity (Wildman–Crippen MR) is 90.4 cm³/mol. The van der Waals surface area contributed by atoms with Crippen LogP contribution < -0.4 is 16.0 Å². The van der Waals surface area contributed by atoms with Gasteiger partial charge in [0.25, 0.3) is 0 Å². The average Bonchev–Trinajstić information content (AvgIpc) is 2.87. The molecular formula is C18H19N3O2. The Balaban J connectivity index is 1.68. The highest BCUT2D eigenvalue weighted by Gasteiger charge is 2.23. The summed E-state index contributed by atoms with van der Waals surface area (Å²) in [4.78, 5) is 23.6. The van der Waals surface area contributed by atoms with Gasteiger partial charge in [0.15, 0.2) is 0 Å². The number of amides is 3. The van der Waals surface area contributed by atoms with E-state index < -0.39 is 5.54 Å². The first-order valence-corrected chi connectivity index (χ1v) is 7.51. The summed E-state index contributed by atoms with van der Waals surface area (Å²) in [6.07, 6.45) is 0.392. The number of benzene rings is 2. The summed E-state index contributed by atoms with van der Waals surface area (Å²) in [6.45, 7) is 3.90. The third kappa shape index (κ3) is 3.34. The molecule has 1 aliphatic heterocycles. The number of hydrogen-bond donors (Lipinski definition) is 3. The zero-order chi connectivity index (χ0) is 16.4. The van der Waals surface area contributed by atoms with Crippen LogP contribution in [-0.2, 0) is 16.8 Å². The van der Waals surface area contributed by atoms with Crippen molar-refractivity contribution in [2.75, 3.05) is 10.6 Å². The summed E-state index contributed by atoms with van der Waals surface area (Å²) in [5, 5.41) is 8.55. The molecule has 0 spiro atoms. The van der Waals surface area contributed by atoms with Crippen LogP contribution in [0.2, 0.25) is 0 Å². The van der Waals surface area contributed by atoms with Crippen LogP contribution in [0.4, 0.5) is 16.2 Å². The van der Waals surface area contributed by atoms with Crippen molar-refractivity contribution in [2.24, 2.45) is 0 Å². The van der Waals surface area contributed by atoms with E-state index in [2.05, 4.69) is 16.0 Å². The largest absolute Gasteiger partial charge is 0.329 e. The van der Waals surface area contributed by atoms with Crippen molar-refractivity contribution < 1.29 is 9.59 Å². The Morgan fingerprint density at radius 1 is 1.13 bits per heavy atom. The number of urea groups is 1. The van der Waals surface area contributed by atoms with Gasteiger partial charge in [0, 0.05) is 11.4 Å². The first-order chi connectivity index (χ1) is 10.9. The Morgan fingerprint density at radius 2 is 1.87 bits per heavy atom. The van der Waals surface area contributed by atoms with Crippen molar-refractivity contribution in [3.8, 4) is 0 Å². The second kappa shape index (κ2) is 5.76. The molecule has 3 N–H and O–H groups in total. The molecule has 5 heteroatoms. The monoisotopic (exact) mass is 309 g/mol. The molecule has 0 aliphatic carbocycles. The van der Waals surface area contributed by atoms with E-state index in [0.29, 0.717) is 12.1 Å². The highest BCUT2D eigenvalue weighted by Crippen LogP contribution is 2.26. The van der Waals surface area contributed by atoms with Crippen molar-refractivity contribution in [3.05, 3.63) is 59.7 Å². The lowest BCUT2D eigenvalue weighted by Gasteiger charge is -2.27. The SMILES string of the molecule is CC(C)(NC(=O)Nc1ccc2c(c1)NC(=O)C2)c1ccccc1. The van der Waals surface area contributed by atoms with E-state index >= 15 is 0 Å². The number of anilines is 2. The van der Waals surface area contributed by atoms with Crippen molar-refractivity contribution >= 4 is 23.3 Å². The first-order valence-electron chi connectivity index (χ1n) is 7.51. The number of carbonyl (C=O) groups excluding carboxylic acids is 2. The van der Waals surface area contributed by atoms with E-state index in [1.807, 2.05) is 50.2 Å². The molecule has 118 valence electrons. The molecule has 2 aromatic rings. The summed E-state index contributed by atoms with van der Waals surface area (Å²) in [5.74, 6) is -0.0215. The van der Waals surface area contributed by atoms with Crippen LogP contribution in [0.1, 0.15) is 25.0 Å². The minimum Gasteiger partial charge on any atom is -0.329 e. The lowest BCUT2D eigenvalue weighted by molar-refractivity contribution is -0.115. The molecule has 5 nitrogen and oxygen atoms in total. The minimum atomic E-state index is -0.490. The van der Waals surface area contributed by atoms with Gasteiger partial charge in [-0.25, -0.2) is 4.79 Å². The molecule has 0 atom stereocenters. The fourth-order valence-electron chi connectivity index (χ4n) is 2.67. The Hall–Kier alpha value is -2.82. The van der Waals surface area contributed by atoms with Gasteiger partial charge in [0.2, 0.25) is 5.91 Å². The van der Waals surface area contributed by atoms with E-state index in [-0.39, 0.29) is 11.9 Å². The fraction of sp³-hybridized carbons (Fsp3) is 0.222. The summed E-state index contributed by atoms with van der Waals surface area (Å²) in [5.41, 5.74) is 2.89. The first kappa shape index (κ1) is 15.1. The Bertz CT molecular complexity index is 754. The maximum atomic E-state index is 12.3. The third-order valence-electron chi connectivity index (χ3n) is 3.91. The van der Waals surface area contributed by atoms with Crippen LogP contribution in [0.3, 0.4) is 0 Å². The van der Waals surface area contributed by atoms with Gasteiger partial charge < -0.3 is 16.0 Å². The number of carbonyl (C=O) groups is 2. The van der Waals surface area contributed by atoms with Crippen LogP contribution in [0, 0.1) is 0 Å². The van der Waals surface area contributed by atoms with Gasteiger partial charge in [-0.1, -0.05) is 36.4 Å². The van der Waals surface area contributed by atoms with E-state index in [1.54, 1.807) is 12.1 Å². The summed E-state index contributed by atoms with van der Waals surface area (Å²) < 4.78 is 0. The van der Waals surface area contributed by atoms with Gasteiger partial charge in [-0.05, 0) is 37.1 Å². The molecule has 0 bridgehead atoms. The van der Waals surface area contributed by atoms with Crippen molar-refractivity contribution in [1.82, 2.24) is 5.32 Å². The molecule has 0 saturated carbocycles. The number of fused-ring (bicyclic) bond motifs is 1. The van der Waals surface area contributed by atoms with Crippen molar-refractivity contribution in [2.45, 2.75) is 25.8 Å². The van der Waals surface area contributed by atoms with E-state index in [0.717, 1.165) is 16.8 Å². The molecule has 0 radical (unpaired) electrons. The van der Waals surface area contributed by atoms with E-state index in [4.69, 9.17) is 0 Å². The standard InChI is InChI=1S/C18H19N3O2/c1-18(2,13-6-4-3-5-7-13)21-17(23)19-14-9-8-12-10-16(22)20-15(12)11-14/h3-9,11H,10H2,1-2H3,(H,20,22)(H2,19,21,23). The van der Waals surface area contributed by atoms with Gasteiger partial charge in [0.05, 0.1) is 12.0 Å². The summed E-state index contributed by atoms with van der Waals surface area (Å²) >= 11 is 0. The average molecular weight is 309 g/mol. The highest BCUT2D eigenvalue weighted by atomic mass is 16.2. The second-order valence-electron chi connectivity index (χ2n) is 6.17. The molecule has 0 saturated heterocycles.